The van der Waals surface area contributed by atoms with E-state index in [2.05, 4.69) is 32.2 Å². The Kier molecular flexibility index (Phi) is 6.34. The Labute approximate surface area is 191 Å². The van der Waals surface area contributed by atoms with Gasteiger partial charge in [-0.2, -0.15) is 0 Å². The monoisotopic (exact) mass is 450 g/mol. The normalized spacial score (nSPS) is 16.8. The number of nitrogens with one attached hydrogen (secondary N) is 1. The number of carbonyl (C=O) groups is 1. The van der Waals surface area contributed by atoms with Crippen LogP contribution in [0.25, 0.3) is 10.6 Å². The summed E-state index contributed by atoms with van der Waals surface area (Å²) in [5, 5.41) is 3.96. The fourth-order valence-electron chi connectivity index (χ4n) is 3.99. The van der Waals surface area contributed by atoms with Gasteiger partial charge in [-0.05, 0) is 18.2 Å². The molecule has 2 aliphatic rings. The molecule has 0 aliphatic carbocycles. The Morgan fingerprint density at radius 1 is 0.906 bits per heavy atom. The van der Waals surface area contributed by atoms with Gasteiger partial charge in [0.15, 0.2) is 0 Å². The van der Waals surface area contributed by atoms with E-state index in [4.69, 9.17) is 9.47 Å². The summed E-state index contributed by atoms with van der Waals surface area (Å²) in [6, 6.07) is 16.2. The molecular formula is C24H26N4O3S. The Balaban J connectivity index is 1.39. The minimum Gasteiger partial charge on any atom is -0.378 e. The zero-order chi connectivity index (χ0) is 21.8. The minimum atomic E-state index is -0.140. The molecule has 2 aromatic carbocycles. The molecular weight excluding hydrogens is 424 g/mol. The first-order chi connectivity index (χ1) is 15.8. The smallest absolute Gasteiger partial charge is 0.267 e. The molecule has 0 bridgehead atoms. The molecule has 166 valence electrons. The third kappa shape index (κ3) is 4.62. The summed E-state index contributed by atoms with van der Waals surface area (Å²) in [5.41, 5.74) is 4.00. The van der Waals surface area contributed by atoms with Gasteiger partial charge >= 0.3 is 0 Å². The molecule has 7 nitrogen and oxygen atoms in total. The number of anilines is 3. The first kappa shape index (κ1) is 20.9. The lowest BCUT2D eigenvalue weighted by atomic mass is 10.1. The van der Waals surface area contributed by atoms with E-state index in [9.17, 15) is 4.79 Å². The summed E-state index contributed by atoms with van der Waals surface area (Å²) in [4.78, 5) is 22.7. The van der Waals surface area contributed by atoms with Crippen molar-refractivity contribution < 1.29 is 14.3 Å². The highest BCUT2D eigenvalue weighted by Crippen LogP contribution is 2.33. The quantitative estimate of drug-likeness (QED) is 0.639. The van der Waals surface area contributed by atoms with E-state index < -0.39 is 0 Å². The van der Waals surface area contributed by atoms with Crippen LogP contribution in [-0.2, 0) is 9.47 Å². The van der Waals surface area contributed by atoms with Gasteiger partial charge in [0, 0.05) is 37.4 Å². The van der Waals surface area contributed by atoms with Crippen LogP contribution in [-0.4, -0.2) is 63.5 Å². The van der Waals surface area contributed by atoms with Crippen molar-refractivity contribution in [3.8, 4) is 10.6 Å². The van der Waals surface area contributed by atoms with Crippen LogP contribution in [0.3, 0.4) is 0 Å². The maximum atomic E-state index is 13.1. The van der Waals surface area contributed by atoms with Gasteiger partial charge in [0.2, 0.25) is 0 Å². The second-order valence-corrected chi connectivity index (χ2v) is 8.78. The van der Waals surface area contributed by atoms with Crippen molar-refractivity contribution >= 4 is 34.3 Å². The SMILES string of the molecule is O=C(Nc1ccc(N2CCOCC2)cc1N1CCOCC1)c1cnc(-c2ccccc2)s1. The number of morpholine rings is 2. The highest BCUT2D eigenvalue weighted by atomic mass is 32.1. The summed E-state index contributed by atoms with van der Waals surface area (Å²) in [5.74, 6) is -0.140. The Hall–Kier alpha value is -2.94. The van der Waals surface area contributed by atoms with E-state index in [-0.39, 0.29) is 5.91 Å². The van der Waals surface area contributed by atoms with Crippen molar-refractivity contribution in [2.24, 2.45) is 0 Å². The molecule has 0 spiro atoms. The highest BCUT2D eigenvalue weighted by molar-refractivity contribution is 7.17. The second-order valence-electron chi connectivity index (χ2n) is 7.75. The maximum absolute atomic E-state index is 13.1. The van der Waals surface area contributed by atoms with Crippen LogP contribution < -0.4 is 15.1 Å². The minimum absolute atomic E-state index is 0.140. The molecule has 2 saturated heterocycles. The number of rotatable bonds is 5. The van der Waals surface area contributed by atoms with E-state index in [0.29, 0.717) is 18.1 Å². The number of hydrogen-bond acceptors (Lipinski definition) is 7. The van der Waals surface area contributed by atoms with Crippen molar-refractivity contribution in [1.29, 1.82) is 0 Å². The average molecular weight is 451 g/mol. The largest absolute Gasteiger partial charge is 0.378 e. The van der Waals surface area contributed by atoms with Gasteiger partial charge in [0.1, 0.15) is 9.88 Å². The predicted molar refractivity (Wildman–Crippen MR) is 128 cm³/mol. The van der Waals surface area contributed by atoms with Crippen molar-refractivity contribution in [1.82, 2.24) is 4.98 Å². The lowest BCUT2D eigenvalue weighted by molar-refractivity contribution is 0.103. The van der Waals surface area contributed by atoms with Gasteiger partial charge in [0.05, 0.1) is 44.0 Å². The molecule has 0 saturated carbocycles. The van der Waals surface area contributed by atoms with Crippen LogP contribution >= 0.6 is 11.3 Å². The van der Waals surface area contributed by atoms with Crippen molar-refractivity contribution in [2.75, 3.05) is 67.7 Å². The molecule has 0 radical (unpaired) electrons. The Morgan fingerprint density at radius 3 is 2.31 bits per heavy atom. The van der Waals surface area contributed by atoms with Crippen LogP contribution in [0, 0.1) is 0 Å². The van der Waals surface area contributed by atoms with Crippen molar-refractivity contribution in [3.05, 3.63) is 59.6 Å². The first-order valence-corrected chi connectivity index (χ1v) is 11.7. The number of aromatic nitrogens is 1. The predicted octanol–water partition coefficient (Wildman–Crippen LogP) is 3.74. The number of carbonyl (C=O) groups excluding carboxylic acids is 1. The van der Waals surface area contributed by atoms with Gasteiger partial charge in [-0.25, -0.2) is 4.98 Å². The van der Waals surface area contributed by atoms with Gasteiger partial charge in [0.25, 0.3) is 5.91 Å². The lowest BCUT2D eigenvalue weighted by Crippen LogP contribution is -2.38. The second kappa shape index (κ2) is 9.68. The van der Waals surface area contributed by atoms with Crippen LogP contribution in [0.4, 0.5) is 17.1 Å². The number of amides is 1. The molecule has 0 atom stereocenters. The van der Waals surface area contributed by atoms with E-state index in [1.54, 1.807) is 6.20 Å². The third-order valence-corrected chi connectivity index (χ3v) is 6.75. The van der Waals surface area contributed by atoms with E-state index in [1.165, 1.54) is 11.3 Å². The van der Waals surface area contributed by atoms with Crippen LogP contribution in [0.1, 0.15) is 9.67 Å². The molecule has 0 unspecified atom stereocenters. The van der Waals surface area contributed by atoms with E-state index >= 15 is 0 Å². The molecule has 5 rings (SSSR count). The number of nitrogens with zero attached hydrogens (tertiary/aromatic N) is 3. The molecule has 32 heavy (non-hydrogen) atoms. The number of benzene rings is 2. The number of ether oxygens (including phenoxy) is 2. The summed E-state index contributed by atoms with van der Waals surface area (Å²) >= 11 is 1.40. The fraction of sp³-hybridized carbons (Fsp3) is 0.333. The van der Waals surface area contributed by atoms with Crippen LogP contribution in [0.5, 0.6) is 0 Å². The third-order valence-electron chi connectivity index (χ3n) is 5.71. The Bertz CT molecular complexity index is 1060. The van der Waals surface area contributed by atoms with Crippen molar-refractivity contribution in [2.45, 2.75) is 0 Å². The van der Waals surface area contributed by atoms with E-state index in [1.807, 2.05) is 36.4 Å². The molecule has 1 amide bonds. The van der Waals surface area contributed by atoms with Crippen molar-refractivity contribution in [3.63, 3.8) is 0 Å². The maximum Gasteiger partial charge on any atom is 0.267 e. The molecule has 2 aliphatic heterocycles. The molecule has 2 fully saturated rings. The molecule has 3 heterocycles. The van der Waals surface area contributed by atoms with Gasteiger partial charge in [-0.1, -0.05) is 30.3 Å². The van der Waals surface area contributed by atoms with Crippen LogP contribution in [0.2, 0.25) is 0 Å². The van der Waals surface area contributed by atoms with Crippen LogP contribution in [0.15, 0.2) is 54.7 Å². The molecule has 1 aromatic heterocycles. The molecule has 1 N–H and O–H groups in total. The average Bonchev–Trinajstić information content (AvgIpc) is 3.37. The zero-order valence-electron chi connectivity index (χ0n) is 17.8. The number of hydrogen-bond donors (Lipinski definition) is 1. The summed E-state index contributed by atoms with van der Waals surface area (Å²) in [6.45, 7) is 6.19. The number of thiazole rings is 1. The molecule has 3 aromatic rings. The Morgan fingerprint density at radius 2 is 1.59 bits per heavy atom. The van der Waals surface area contributed by atoms with Gasteiger partial charge in [-0.3, -0.25) is 4.79 Å². The standard InChI is InChI=1S/C24H26N4O3S/c29-23(22-17-25-24(32-22)18-4-2-1-3-5-18)26-20-7-6-19(27-8-12-30-13-9-27)16-21(20)28-10-14-31-15-11-28/h1-7,16-17H,8-15H2,(H,26,29). The fourth-order valence-corrected chi connectivity index (χ4v) is 4.80. The van der Waals surface area contributed by atoms with E-state index in [0.717, 1.165) is 67.0 Å². The zero-order valence-corrected chi connectivity index (χ0v) is 18.6. The highest BCUT2D eigenvalue weighted by Gasteiger charge is 2.20. The lowest BCUT2D eigenvalue weighted by Gasteiger charge is -2.33. The van der Waals surface area contributed by atoms with Gasteiger partial charge in [-0.15, -0.1) is 11.3 Å². The first-order valence-electron chi connectivity index (χ1n) is 10.9. The summed E-state index contributed by atoms with van der Waals surface area (Å²) in [6.07, 6.45) is 1.65. The summed E-state index contributed by atoms with van der Waals surface area (Å²) < 4.78 is 11.0. The summed E-state index contributed by atoms with van der Waals surface area (Å²) in [7, 11) is 0. The molecule has 8 heteroatoms. The van der Waals surface area contributed by atoms with Gasteiger partial charge < -0.3 is 24.6 Å². The topological polar surface area (TPSA) is 66.9 Å².